The standard InChI is InChI=1S/C12H17N3O/c13-8-6-9-3-4-10(7-8)15(9)12(16)11-2-1-5-14-11/h1-2,5,8-10,14H,3-4,6-7,13H2. The zero-order valence-corrected chi connectivity index (χ0v) is 9.23. The Labute approximate surface area is 94.8 Å². The fourth-order valence-corrected chi connectivity index (χ4v) is 3.15. The van der Waals surface area contributed by atoms with Crippen LogP contribution in [0.15, 0.2) is 18.3 Å². The quantitative estimate of drug-likeness (QED) is 0.743. The summed E-state index contributed by atoms with van der Waals surface area (Å²) >= 11 is 0. The van der Waals surface area contributed by atoms with Crippen molar-refractivity contribution in [2.75, 3.05) is 0 Å². The van der Waals surface area contributed by atoms with Gasteiger partial charge in [0, 0.05) is 24.3 Å². The van der Waals surface area contributed by atoms with E-state index >= 15 is 0 Å². The summed E-state index contributed by atoms with van der Waals surface area (Å²) in [5.41, 5.74) is 6.69. The van der Waals surface area contributed by atoms with Gasteiger partial charge in [0.15, 0.2) is 0 Å². The van der Waals surface area contributed by atoms with Crippen LogP contribution in [0.25, 0.3) is 0 Å². The number of hydrogen-bond acceptors (Lipinski definition) is 2. The Kier molecular flexibility index (Phi) is 2.24. The first-order chi connectivity index (χ1) is 7.75. The number of aromatic amines is 1. The molecule has 2 aliphatic rings. The van der Waals surface area contributed by atoms with E-state index in [2.05, 4.69) is 9.88 Å². The number of aromatic nitrogens is 1. The van der Waals surface area contributed by atoms with Gasteiger partial charge in [0.05, 0.1) is 0 Å². The van der Waals surface area contributed by atoms with Crippen LogP contribution in [-0.4, -0.2) is 33.9 Å². The Balaban J connectivity index is 1.84. The lowest BCUT2D eigenvalue weighted by molar-refractivity contribution is 0.0570. The second-order valence-electron chi connectivity index (χ2n) is 4.91. The largest absolute Gasteiger partial charge is 0.357 e. The van der Waals surface area contributed by atoms with Crippen LogP contribution in [0.1, 0.15) is 36.2 Å². The van der Waals surface area contributed by atoms with Crippen molar-refractivity contribution in [1.29, 1.82) is 0 Å². The molecule has 0 radical (unpaired) electrons. The molecular formula is C12H17N3O. The summed E-state index contributed by atoms with van der Waals surface area (Å²) in [5, 5.41) is 0. The van der Waals surface area contributed by atoms with Crippen molar-refractivity contribution in [2.45, 2.75) is 43.8 Å². The molecule has 2 unspecified atom stereocenters. The van der Waals surface area contributed by atoms with Crippen LogP contribution >= 0.6 is 0 Å². The lowest BCUT2D eigenvalue weighted by Crippen LogP contribution is -2.50. The van der Waals surface area contributed by atoms with Crippen molar-refractivity contribution in [1.82, 2.24) is 9.88 Å². The van der Waals surface area contributed by atoms with Crippen LogP contribution in [-0.2, 0) is 0 Å². The second kappa shape index (κ2) is 3.63. The molecule has 2 bridgehead atoms. The van der Waals surface area contributed by atoms with E-state index in [0.29, 0.717) is 17.8 Å². The summed E-state index contributed by atoms with van der Waals surface area (Å²) in [7, 11) is 0. The summed E-state index contributed by atoms with van der Waals surface area (Å²) in [6.45, 7) is 0. The van der Waals surface area contributed by atoms with Gasteiger partial charge in [-0.05, 0) is 37.8 Å². The number of fused-ring (bicyclic) bond motifs is 2. The van der Waals surface area contributed by atoms with Gasteiger partial charge in [-0.2, -0.15) is 0 Å². The summed E-state index contributed by atoms with van der Waals surface area (Å²) in [6, 6.07) is 4.72. The number of rotatable bonds is 1. The minimum Gasteiger partial charge on any atom is -0.357 e. The highest BCUT2D eigenvalue weighted by Gasteiger charge is 2.42. The molecule has 1 amide bonds. The molecule has 1 aromatic rings. The van der Waals surface area contributed by atoms with Crippen LogP contribution < -0.4 is 5.73 Å². The smallest absolute Gasteiger partial charge is 0.270 e. The predicted molar refractivity (Wildman–Crippen MR) is 61.0 cm³/mol. The normalized spacial score (nSPS) is 33.1. The first-order valence-corrected chi connectivity index (χ1v) is 5.97. The summed E-state index contributed by atoms with van der Waals surface area (Å²) in [4.78, 5) is 17.3. The number of nitrogens with two attached hydrogens (primary N) is 1. The molecule has 0 aliphatic carbocycles. The molecule has 2 aliphatic heterocycles. The van der Waals surface area contributed by atoms with Crippen molar-refractivity contribution in [3.05, 3.63) is 24.0 Å². The maximum Gasteiger partial charge on any atom is 0.270 e. The van der Waals surface area contributed by atoms with Gasteiger partial charge in [0.25, 0.3) is 5.91 Å². The zero-order chi connectivity index (χ0) is 11.1. The molecule has 2 fully saturated rings. The Hall–Kier alpha value is -1.29. The van der Waals surface area contributed by atoms with E-state index in [4.69, 9.17) is 5.73 Å². The van der Waals surface area contributed by atoms with Crippen LogP contribution in [0.5, 0.6) is 0 Å². The highest BCUT2D eigenvalue weighted by Crippen LogP contribution is 2.35. The van der Waals surface area contributed by atoms with Gasteiger partial charge in [-0.15, -0.1) is 0 Å². The summed E-state index contributed by atoms with van der Waals surface area (Å²) in [6.07, 6.45) is 5.95. The maximum atomic E-state index is 12.3. The first-order valence-electron chi connectivity index (χ1n) is 5.97. The molecule has 86 valence electrons. The van der Waals surface area contributed by atoms with E-state index in [0.717, 1.165) is 25.7 Å². The first kappa shape index (κ1) is 9.90. The number of H-pyrrole nitrogens is 1. The number of amides is 1. The van der Waals surface area contributed by atoms with Gasteiger partial charge in [0.1, 0.15) is 5.69 Å². The van der Waals surface area contributed by atoms with Crippen LogP contribution in [0.3, 0.4) is 0 Å². The number of carbonyl (C=O) groups excluding carboxylic acids is 1. The van der Waals surface area contributed by atoms with Crippen molar-refractivity contribution in [3.8, 4) is 0 Å². The predicted octanol–water partition coefficient (Wildman–Crippen LogP) is 1.11. The van der Waals surface area contributed by atoms with Gasteiger partial charge in [-0.3, -0.25) is 4.79 Å². The number of nitrogens with zero attached hydrogens (tertiary/aromatic N) is 1. The topological polar surface area (TPSA) is 62.1 Å². The van der Waals surface area contributed by atoms with E-state index in [1.54, 1.807) is 6.20 Å². The average Bonchev–Trinajstić information content (AvgIpc) is 2.85. The zero-order valence-electron chi connectivity index (χ0n) is 9.23. The minimum absolute atomic E-state index is 0.143. The lowest BCUT2D eigenvalue weighted by atomic mass is 9.98. The fraction of sp³-hybridized carbons (Fsp3) is 0.583. The SMILES string of the molecule is NC1CC2CCC(C1)N2C(=O)c1ccc[nH]1. The molecule has 3 N–H and O–H groups in total. The van der Waals surface area contributed by atoms with Gasteiger partial charge in [-0.25, -0.2) is 0 Å². The molecule has 4 heteroatoms. The molecular weight excluding hydrogens is 202 g/mol. The molecule has 4 nitrogen and oxygen atoms in total. The molecule has 3 heterocycles. The lowest BCUT2D eigenvalue weighted by Gasteiger charge is -2.37. The highest BCUT2D eigenvalue weighted by atomic mass is 16.2. The minimum atomic E-state index is 0.143. The van der Waals surface area contributed by atoms with Gasteiger partial charge in [0.2, 0.25) is 0 Å². The van der Waals surface area contributed by atoms with Crippen molar-refractivity contribution < 1.29 is 4.79 Å². The number of carbonyl (C=O) groups is 1. The van der Waals surface area contributed by atoms with Crippen molar-refractivity contribution in [3.63, 3.8) is 0 Å². The summed E-state index contributed by atoms with van der Waals surface area (Å²) in [5.74, 6) is 0.143. The second-order valence-corrected chi connectivity index (χ2v) is 4.91. The van der Waals surface area contributed by atoms with Gasteiger partial charge >= 0.3 is 0 Å². The molecule has 1 aromatic heterocycles. The fourth-order valence-electron chi connectivity index (χ4n) is 3.15. The third kappa shape index (κ3) is 1.45. The van der Waals surface area contributed by atoms with Crippen LogP contribution in [0, 0.1) is 0 Å². The van der Waals surface area contributed by atoms with Gasteiger partial charge < -0.3 is 15.6 Å². The van der Waals surface area contributed by atoms with E-state index in [9.17, 15) is 4.79 Å². The van der Waals surface area contributed by atoms with E-state index < -0.39 is 0 Å². The molecule has 16 heavy (non-hydrogen) atoms. The number of hydrogen-bond donors (Lipinski definition) is 2. The molecule has 2 atom stereocenters. The van der Waals surface area contributed by atoms with E-state index in [-0.39, 0.29) is 11.9 Å². The van der Waals surface area contributed by atoms with Crippen LogP contribution in [0.4, 0.5) is 0 Å². The maximum absolute atomic E-state index is 12.3. The molecule has 0 spiro atoms. The Morgan fingerprint density at radius 3 is 2.62 bits per heavy atom. The Morgan fingerprint density at radius 1 is 1.38 bits per heavy atom. The average molecular weight is 219 g/mol. The van der Waals surface area contributed by atoms with E-state index in [1.165, 1.54) is 0 Å². The Morgan fingerprint density at radius 2 is 2.06 bits per heavy atom. The molecule has 2 saturated heterocycles. The Bertz CT molecular complexity index is 373. The third-order valence-corrected chi connectivity index (χ3v) is 3.83. The molecule has 3 rings (SSSR count). The molecule has 0 aromatic carbocycles. The van der Waals surface area contributed by atoms with Crippen LogP contribution in [0.2, 0.25) is 0 Å². The monoisotopic (exact) mass is 219 g/mol. The van der Waals surface area contributed by atoms with Gasteiger partial charge in [-0.1, -0.05) is 0 Å². The van der Waals surface area contributed by atoms with Crippen molar-refractivity contribution in [2.24, 2.45) is 5.73 Å². The highest BCUT2D eigenvalue weighted by molar-refractivity contribution is 5.93. The number of piperidine rings is 1. The summed E-state index contributed by atoms with van der Waals surface area (Å²) < 4.78 is 0. The van der Waals surface area contributed by atoms with Crippen molar-refractivity contribution >= 4 is 5.91 Å². The number of nitrogens with one attached hydrogen (secondary N) is 1. The van der Waals surface area contributed by atoms with E-state index in [1.807, 2.05) is 12.1 Å². The third-order valence-electron chi connectivity index (χ3n) is 3.83. The molecule has 0 saturated carbocycles.